The highest BCUT2D eigenvalue weighted by molar-refractivity contribution is 5.95. The molecule has 1 heterocycles. The van der Waals surface area contributed by atoms with Crippen LogP contribution in [0.3, 0.4) is 0 Å². The Kier molecular flexibility index (Phi) is 3.74. The van der Waals surface area contributed by atoms with Crippen LogP contribution in [0.25, 0.3) is 0 Å². The Morgan fingerprint density at radius 3 is 2.79 bits per heavy atom. The average molecular weight is 263 g/mol. The van der Waals surface area contributed by atoms with E-state index in [0.29, 0.717) is 17.7 Å². The van der Waals surface area contributed by atoms with E-state index in [9.17, 15) is 14.7 Å². The fourth-order valence-electron chi connectivity index (χ4n) is 2.43. The van der Waals surface area contributed by atoms with Crippen LogP contribution in [0, 0.1) is 6.92 Å². The van der Waals surface area contributed by atoms with E-state index < -0.39 is 5.97 Å². The number of aryl methyl sites for hydroxylation is 1. The zero-order valence-corrected chi connectivity index (χ0v) is 10.8. The summed E-state index contributed by atoms with van der Waals surface area (Å²) in [7, 11) is 0. The lowest BCUT2D eigenvalue weighted by Gasteiger charge is -2.23. The van der Waals surface area contributed by atoms with Crippen LogP contribution in [0.15, 0.2) is 18.2 Å². The summed E-state index contributed by atoms with van der Waals surface area (Å²) < 4.78 is 0. The van der Waals surface area contributed by atoms with E-state index in [1.807, 2.05) is 0 Å². The highest BCUT2D eigenvalue weighted by Crippen LogP contribution is 2.24. The van der Waals surface area contributed by atoms with Gasteiger partial charge in [0.2, 0.25) is 0 Å². The molecule has 19 heavy (non-hydrogen) atoms. The number of amides is 1. The second-order valence-electron chi connectivity index (χ2n) is 4.89. The molecule has 1 aliphatic heterocycles. The first kappa shape index (κ1) is 13.4. The Morgan fingerprint density at radius 1 is 1.42 bits per heavy atom. The van der Waals surface area contributed by atoms with Crippen molar-refractivity contribution in [3.05, 3.63) is 29.3 Å². The molecule has 1 unspecified atom stereocenters. The van der Waals surface area contributed by atoms with Crippen LogP contribution in [-0.4, -0.2) is 39.6 Å². The Hall–Kier alpha value is -2.04. The predicted molar refractivity (Wildman–Crippen MR) is 69.2 cm³/mol. The SMILES string of the molecule is Cc1ccc(C(=O)N2CCCC2CC(=O)O)cc1O. The fraction of sp³-hybridized carbons (Fsp3) is 0.429. The topological polar surface area (TPSA) is 77.8 Å². The number of hydrogen-bond acceptors (Lipinski definition) is 3. The van der Waals surface area contributed by atoms with Gasteiger partial charge in [0, 0.05) is 18.2 Å². The largest absolute Gasteiger partial charge is 0.508 e. The standard InChI is InChI=1S/C14H17NO4/c1-9-4-5-10(7-12(9)16)14(19)15-6-2-3-11(15)8-13(17)18/h4-5,7,11,16H,2-3,6,8H2,1H3,(H,17,18). The molecule has 1 atom stereocenters. The van der Waals surface area contributed by atoms with Gasteiger partial charge in [0.05, 0.1) is 6.42 Å². The molecule has 0 radical (unpaired) electrons. The van der Waals surface area contributed by atoms with Crippen LogP contribution < -0.4 is 0 Å². The number of benzene rings is 1. The Morgan fingerprint density at radius 2 is 2.16 bits per heavy atom. The molecule has 2 rings (SSSR count). The smallest absolute Gasteiger partial charge is 0.305 e. The fourth-order valence-corrected chi connectivity index (χ4v) is 2.43. The zero-order valence-electron chi connectivity index (χ0n) is 10.8. The van der Waals surface area contributed by atoms with Crippen LogP contribution in [0.5, 0.6) is 5.75 Å². The Balaban J connectivity index is 2.18. The van der Waals surface area contributed by atoms with Gasteiger partial charge in [-0.05, 0) is 37.5 Å². The molecule has 0 aliphatic carbocycles. The van der Waals surface area contributed by atoms with Crippen molar-refractivity contribution in [1.82, 2.24) is 4.90 Å². The predicted octanol–water partition coefficient (Wildman–Crippen LogP) is 1.78. The molecule has 0 saturated carbocycles. The van der Waals surface area contributed by atoms with Gasteiger partial charge in [-0.15, -0.1) is 0 Å². The van der Waals surface area contributed by atoms with Crippen molar-refractivity contribution in [2.75, 3.05) is 6.54 Å². The minimum absolute atomic E-state index is 0.0242. The van der Waals surface area contributed by atoms with Gasteiger partial charge >= 0.3 is 5.97 Å². The van der Waals surface area contributed by atoms with Gasteiger partial charge in [-0.2, -0.15) is 0 Å². The van der Waals surface area contributed by atoms with E-state index >= 15 is 0 Å². The molecule has 5 heteroatoms. The van der Waals surface area contributed by atoms with E-state index in [0.717, 1.165) is 12.8 Å². The lowest BCUT2D eigenvalue weighted by atomic mass is 10.1. The van der Waals surface area contributed by atoms with E-state index in [-0.39, 0.29) is 24.1 Å². The summed E-state index contributed by atoms with van der Waals surface area (Å²) in [5, 5.41) is 18.5. The first-order valence-electron chi connectivity index (χ1n) is 6.31. The lowest BCUT2D eigenvalue weighted by molar-refractivity contribution is -0.137. The molecule has 1 amide bonds. The number of carboxylic acid groups (broad SMARTS) is 1. The van der Waals surface area contributed by atoms with Crippen LogP contribution in [0.2, 0.25) is 0 Å². The van der Waals surface area contributed by atoms with E-state index in [2.05, 4.69) is 0 Å². The van der Waals surface area contributed by atoms with Gasteiger partial charge in [-0.3, -0.25) is 9.59 Å². The van der Waals surface area contributed by atoms with Crippen molar-refractivity contribution in [3.63, 3.8) is 0 Å². The highest BCUT2D eigenvalue weighted by atomic mass is 16.4. The monoisotopic (exact) mass is 263 g/mol. The number of aliphatic carboxylic acids is 1. The zero-order chi connectivity index (χ0) is 14.0. The van der Waals surface area contributed by atoms with E-state index in [4.69, 9.17) is 5.11 Å². The molecule has 1 fully saturated rings. The van der Waals surface area contributed by atoms with Crippen LogP contribution in [-0.2, 0) is 4.79 Å². The number of carboxylic acids is 1. The maximum absolute atomic E-state index is 12.3. The summed E-state index contributed by atoms with van der Waals surface area (Å²) >= 11 is 0. The summed E-state index contributed by atoms with van der Waals surface area (Å²) in [6.45, 7) is 2.33. The van der Waals surface area contributed by atoms with Crippen molar-refractivity contribution in [3.8, 4) is 5.75 Å². The number of nitrogens with zero attached hydrogens (tertiary/aromatic N) is 1. The highest BCUT2D eigenvalue weighted by Gasteiger charge is 2.31. The third-order valence-electron chi connectivity index (χ3n) is 3.50. The molecular formula is C14H17NO4. The van der Waals surface area contributed by atoms with Crippen molar-refractivity contribution < 1.29 is 19.8 Å². The van der Waals surface area contributed by atoms with Gasteiger partial charge in [-0.25, -0.2) is 0 Å². The van der Waals surface area contributed by atoms with Crippen molar-refractivity contribution in [2.45, 2.75) is 32.2 Å². The maximum Gasteiger partial charge on any atom is 0.305 e. The second kappa shape index (κ2) is 5.30. The Bertz CT molecular complexity index is 512. The van der Waals surface area contributed by atoms with Crippen LogP contribution >= 0.6 is 0 Å². The molecule has 0 aromatic heterocycles. The van der Waals surface area contributed by atoms with Crippen LogP contribution in [0.1, 0.15) is 35.2 Å². The van der Waals surface area contributed by atoms with Crippen LogP contribution in [0.4, 0.5) is 0 Å². The van der Waals surface area contributed by atoms with Gasteiger partial charge in [0.25, 0.3) is 5.91 Å². The number of carbonyl (C=O) groups excluding carboxylic acids is 1. The minimum atomic E-state index is -0.892. The molecule has 5 nitrogen and oxygen atoms in total. The van der Waals surface area contributed by atoms with E-state index in [1.54, 1.807) is 24.0 Å². The number of phenols is 1. The number of likely N-dealkylation sites (tertiary alicyclic amines) is 1. The molecule has 0 bridgehead atoms. The maximum atomic E-state index is 12.3. The third kappa shape index (κ3) is 2.86. The molecule has 102 valence electrons. The summed E-state index contributed by atoms with van der Waals surface area (Å²) in [5.74, 6) is -1.02. The lowest BCUT2D eigenvalue weighted by Crippen LogP contribution is -2.36. The number of hydrogen-bond donors (Lipinski definition) is 2. The molecule has 2 N–H and O–H groups in total. The Labute approximate surface area is 111 Å². The number of rotatable bonds is 3. The van der Waals surface area contributed by atoms with Gasteiger partial charge in [-0.1, -0.05) is 6.07 Å². The van der Waals surface area contributed by atoms with Crippen molar-refractivity contribution in [1.29, 1.82) is 0 Å². The second-order valence-corrected chi connectivity index (χ2v) is 4.89. The number of carbonyl (C=O) groups is 2. The molecule has 1 aromatic rings. The molecule has 1 saturated heterocycles. The number of aromatic hydroxyl groups is 1. The minimum Gasteiger partial charge on any atom is -0.508 e. The van der Waals surface area contributed by atoms with Gasteiger partial charge < -0.3 is 15.1 Å². The quantitative estimate of drug-likeness (QED) is 0.871. The molecule has 1 aromatic carbocycles. The average Bonchev–Trinajstić information content (AvgIpc) is 2.79. The van der Waals surface area contributed by atoms with Gasteiger partial charge in [0.1, 0.15) is 5.75 Å². The summed E-state index contributed by atoms with van der Waals surface area (Å²) in [4.78, 5) is 24.7. The number of phenolic OH excluding ortho intramolecular Hbond substituents is 1. The summed E-state index contributed by atoms with van der Waals surface area (Å²) in [5.41, 5.74) is 1.11. The van der Waals surface area contributed by atoms with Gasteiger partial charge in [0.15, 0.2) is 0 Å². The molecule has 1 aliphatic rings. The summed E-state index contributed by atoms with van der Waals surface area (Å²) in [6, 6.07) is 4.54. The molecule has 0 spiro atoms. The van der Waals surface area contributed by atoms with Crippen molar-refractivity contribution in [2.24, 2.45) is 0 Å². The first-order chi connectivity index (χ1) is 8.99. The molecular weight excluding hydrogens is 246 g/mol. The normalized spacial score (nSPS) is 18.6. The first-order valence-corrected chi connectivity index (χ1v) is 6.31. The third-order valence-corrected chi connectivity index (χ3v) is 3.50. The summed E-state index contributed by atoms with van der Waals surface area (Å²) in [6.07, 6.45) is 1.51. The van der Waals surface area contributed by atoms with E-state index in [1.165, 1.54) is 6.07 Å². The van der Waals surface area contributed by atoms with Crippen molar-refractivity contribution >= 4 is 11.9 Å².